The number of amides is 1. The number of nitrogens with one attached hydrogen (secondary N) is 2. The molecule has 2 aromatic rings. The van der Waals surface area contributed by atoms with Crippen LogP contribution in [0.2, 0.25) is 0 Å². The molecule has 0 aliphatic heterocycles. The number of anilines is 2. The van der Waals surface area contributed by atoms with Gasteiger partial charge in [-0.2, -0.15) is 0 Å². The Bertz CT molecular complexity index is 672. The number of carbonyl (C=O) groups is 2. The summed E-state index contributed by atoms with van der Waals surface area (Å²) >= 11 is 0. The molecule has 0 aliphatic rings. The first-order chi connectivity index (χ1) is 10.6. The summed E-state index contributed by atoms with van der Waals surface area (Å²) in [4.78, 5) is 23.2. The second kappa shape index (κ2) is 7.12. The van der Waals surface area contributed by atoms with Gasteiger partial charge in [0, 0.05) is 11.1 Å². The van der Waals surface area contributed by atoms with Crippen molar-refractivity contribution < 1.29 is 14.3 Å². The number of nitrogen functional groups attached to an aromatic ring is 1. The fourth-order valence-electron chi connectivity index (χ4n) is 1.90. The van der Waals surface area contributed by atoms with Gasteiger partial charge in [0.2, 0.25) is 0 Å². The van der Waals surface area contributed by atoms with Gasteiger partial charge >= 0.3 is 6.09 Å². The smallest absolute Gasteiger partial charge is 0.408 e. The minimum Gasteiger partial charge on any atom is -0.453 e. The largest absolute Gasteiger partial charge is 0.453 e. The normalized spacial score (nSPS) is 9.86. The van der Waals surface area contributed by atoms with Crippen molar-refractivity contribution in [3.63, 3.8) is 0 Å². The average Bonchev–Trinajstić information content (AvgIpc) is 2.56. The number of ketones is 1. The second-order valence-corrected chi connectivity index (χ2v) is 4.52. The number of benzene rings is 2. The van der Waals surface area contributed by atoms with Crippen LogP contribution in [0.25, 0.3) is 0 Å². The molecule has 0 aromatic heterocycles. The second-order valence-electron chi connectivity index (χ2n) is 4.52. The predicted molar refractivity (Wildman–Crippen MR) is 84.8 cm³/mol. The first kappa shape index (κ1) is 15.4. The van der Waals surface area contributed by atoms with E-state index in [1.165, 1.54) is 7.11 Å². The molecule has 0 bridgehead atoms. The van der Waals surface area contributed by atoms with E-state index in [9.17, 15) is 9.59 Å². The molecule has 0 heterocycles. The van der Waals surface area contributed by atoms with Crippen molar-refractivity contribution in [2.75, 3.05) is 24.8 Å². The Morgan fingerprint density at radius 3 is 2.45 bits per heavy atom. The van der Waals surface area contributed by atoms with Crippen LogP contribution in [0.3, 0.4) is 0 Å². The van der Waals surface area contributed by atoms with Crippen LogP contribution in [0, 0.1) is 0 Å². The Labute approximate surface area is 128 Å². The summed E-state index contributed by atoms with van der Waals surface area (Å²) in [5.74, 6) is -0.0912. The summed E-state index contributed by atoms with van der Waals surface area (Å²) in [5, 5.41) is 5.41. The highest BCUT2D eigenvalue weighted by molar-refractivity contribution is 6.09. The van der Waals surface area contributed by atoms with E-state index in [2.05, 4.69) is 15.4 Å². The number of hydrogen-bond acceptors (Lipinski definition) is 5. The SMILES string of the molecule is COC(=O)NCNc1ccc(C(=O)c2ccccc2)cc1N. The zero-order valence-corrected chi connectivity index (χ0v) is 12.1. The number of alkyl carbamates (subject to hydrolysis) is 1. The van der Waals surface area contributed by atoms with Gasteiger partial charge in [0.15, 0.2) is 5.78 Å². The van der Waals surface area contributed by atoms with Gasteiger partial charge in [-0.25, -0.2) is 4.79 Å². The van der Waals surface area contributed by atoms with Crippen molar-refractivity contribution in [3.8, 4) is 0 Å². The quantitative estimate of drug-likeness (QED) is 0.447. The average molecular weight is 299 g/mol. The van der Waals surface area contributed by atoms with Gasteiger partial charge in [-0.05, 0) is 18.2 Å². The van der Waals surface area contributed by atoms with Crippen molar-refractivity contribution in [1.29, 1.82) is 0 Å². The summed E-state index contributed by atoms with van der Waals surface area (Å²) in [7, 11) is 1.29. The number of rotatable bonds is 5. The van der Waals surface area contributed by atoms with E-state index in [1.54, 1.807) is 30.3 Å². The van der Waals surface area contributed by atoms with Crippen molar-refractivity contribution >= 4 is 23.3 Å². The molecule has 0 saturated carbocycles. The Kier molecular flexibility index (Phi) is 4.98. The van der Waals surface area contributed by atoms with Crippen molar-refractivity contribution in [3.05, 3.63) is 59.7 Å². The lowest BCUT2D eigenvalue weighted by atomic mass is 10.0. The van der Waals surface area contributed by atoms with Crippen LogP contribution in [-0.4, -0.2) is 25.7 Å². The van der Waals surface area contributed by atoms with Crippen molar-refractivity contribution in [2.24, 2.45) is 0 Å². The van der Waals surface area contributed by atoms with Crippen LogP contribution in [0.4, 0.5) is 16.2 Å². The number of nitrogens with two attached hydrogens (primary N) is 1. The van der Waals surface area contributed by atoms with Crippen LogP contribution in [0.15, 0.2) is 48.5 Å². The first-order valence-corrected chi connectivity index (χ1v) is 6.67. The zero-order valence-electron chi connectivity index (χ0n) is 12.1. The molecule has 2 aromatic carbocycles. The monoisotopic (exact) mass is 299 g/mol. The highest BCUT2D eigenvalue weighted by Crippen LogP contribution is 2.21. The van der Waals surface area contributed by atoms with Crippen LogP contribution < -0.4 is 16.4 Å². The number of ether oxygens (including phenoxy) is 1. The summed E-state index contributed by atoms with van der Waals surface area (Å²) in [6.07, 6.45) is -0.540. The topological polar surface area (TPSA) is 93.5 Å². The van der Waals surface area contributed by atoms with Crippen LogP contribution >= 0.6 is 0 Å². The van der Waals surface area contributed by atoms with E-state index >= 15 is 0 Å². The van der Waals surface area contributed by atoms with Crippen molar-refractivity contribution in [1.82, 2.24) is 5.32 Å². The summed E-state index contributed by atoms with van der Waals surface area (Å²) < 4.78 is 4.45. The minimum absolute atomic E-state index is 0.0912. The molecule has 114 valence electrons. The molecule has 0 fully saturated rings. The van der Waals surface area contributed by atoms with E-state index < -0.39 is 6.09 Å². The number of methoxy groups -OCH3 is 1. The molecule has 1 amide bonds. The predicted octanol–water partition coefficient (Wildman–Crippen LogP) is 2.23. The number of hydrogen-bond donors (Lipinski definition) is 3. The Morgan fingerprint density at radius 2 is 1.82 bits per heavy atom. The molecule has 0 atom stereocenters. The molecule has 4 N–H and O–H groups in total. The lowest BCUT2D eigenvalue weighted by molar-refractivity contribution is 0.103. The maximum Gasteiger partial charge on any atom is 0.408 e. The third kappa shape index (κ3) is 3.76. The zero-order chi connectivity index (χ0) is 15.9. The summed E-state index contributed by atoms with van der Waals surface area (Å²) in [5.41, 5.74) is 8.09. The van der Waals surface area contributed by atoms with Crippen LogP contribution in [0.5, 0.6) is 0 Å². The number of carbonyl (C=O) groups excluding carboxylic acids is 2. The molecule has 22 heavy (non-hydrogen) atoms. The third-order valence-corrected chi connectivity index (χ3v) is 3.05. The van der Waals surface area contributed by atoms with E-state index in [4.69, 9.17) is 5.73 Å². The lowest BCUT2D eigenvalue weighted by Gasteiger charge is -2.11. The van der Waals surface area contributed by atoms with E-state index in [-0.39, 0.29) is 12.5 Å². The maximum atomic E-state index is 12.3. The van der Waals surface area contributed by atoms with Gasteiger partial charge in [0.25, 0.3) is 0 Å². The highest BCUT2D eigenvalue weighted by Gasteiger charge is 2.10. The van der Waals surface area contributed by atoms with Gasteiger partial charge in [0.05, 0.1) is 25.2 Å². The van der Waals surface area contributed by atoms with Crippen LogP contribution in [0.1, 0.15) is 15.9 Å². The fraction of sp³-hybridized carbons (Fsp3) is 0.125. The minimum atomic E-state index is -0.540. The van der Waals surface area contributed by atoms with Gasteiger partial charge in [0.1, 0.15) is 0 Å². The molecule has 6 nitrogen and oxygen atoms in total. The fourth-order valence-corrected chi connectivity index (χ4v) is 1.90. The molecule has 0 saturated heterocycles. The summed E-state index contributed by atoms with van der Waals surface area (Å²) in [6.45, 7) is 0.169. The molecule has 0 aliphatic carbocycles. The highest BCUT2D eigenvalue weighted by atomic mass is 16.5. The van der Waals surface area contributed by atoms with Gasteiger partial charge in [-0.15, -0.1) is 0 Å². The molecular weight excluding hydrogens is 282 g/mol. The molecule has 6 heteroatoms. The Hall–Kier alpha value is -3.02. The van der Waals surface area contributed by atoms with Crippen LogP contribution in [-0.2, 0) is 4.74 Å². The van der Waals surface area contributed by atoms with E-state index in [0.29, 0.717) is 22.5 Å². The molecule has 0 unspecified atom stereocenters. The summed E-state index contributed by atoms with van der Waals surface area (Å²) in [6, 6.07) is 14.0. The molecule has 2 rings (SSSR count). The first-order valence-electron chi connectivity index (χ1n) is 6.67. The molecular formula is C16H17N3O3. The Balaban J connectivity index is 2.06. The van der Waals surface area contributed by atoms with Gasteiger partial charge < -0.3 is 21.1 Å². The van der Waals surface area contributed by atoms with Gasteiger partial charge in [-0.3, -0.25) is 4.79 Å². The lowest BCUT2D eigenvalue weighted by Crippen LogP contribution is -2.28. The molecule has 0 radical (unpaired) electrons. The van der Waals surface area contributed by atoms with Crippen molar-refractivity contribution in [2.45, 2.75) is 0 Å². The molecule has 0 spiro atoms. The Morgan fingerprint density at radius 1 is 1.09 bits per heavy atom. The van der Waals surface area contributed by atoms with E-state index in [0.717, 1.165) is 0 Å². The third-order valence-electron chi connectivity index (χ3n) is 3.05. The van der Waals surface area contributed by atoms with E-state index in [1.807, 2.05) is 18.2 Å². The van der Waals surface area contributed by atoms with Gasteiger partial charge in [-0.1, -0.05) is 30.3 Å². The standard InChI is InChI=1S/C16H17N3O3/c1-22-16(21)19-10-18-14-8-7-12(9-13(14)17)15(20)11-5-3-2-4-6-11/h2-9,18H,10,17H2,1H3,(H,19,21). The maximum absolute atomic E-state index is 12.3.